The molecule has 0 bridgehead atoms. The minimum atomic E-state index is -0.261. The summed E-state index contributed by atoms with van der Waals surface area (Å²) in [4.78, 5) is 11.7. The molecule has 1 aliphatic rings. The molecule has 0 amide bonds. The molecule has 5 heteroatoms. The number of nitrogens with one attached hydrogen (secondary N) is 1. The molecule has 0 radical (unpaired) electrons. The topological polar surface area (TPSA) is 41.1 Å². The van der Waals surface area contributed by atoms with Crippen molar-refractivity contribution >= 4 is 17.5 Å². The number of halogens is 1. The third-order valence-electron chi connectivity index (χ3n) is 4.56. The first-order chi connectivity index (χ1) is 12.8. The molecule has 0 spiro atoms. The van der Waals surface area contributed by atoms with Crippen LogP contribution in [0.4, 0.5) is 21.8 Å². The highest BCUT2D eigenvalue weighted by Gasteiger charge is 2.15. The molecule has 0 atom stereocenters. The van der Waals surface area contributed by atoms with Gasteiger partial charge in [-0.05, 0) is 43.5 Å². The lowest BCUT2D eigenvalue weighted by atomic mass is 10.1. The highest BCUT2D eigenvalue weighted by Crippen LogP contribution is 2.26. The number of hydrogen-bond acceptors (Lipinski definition) is 4. The van der Waals surface area contributed by atoms with Crippen molar-refractivity contribution in [3.8, 4) is 11.3 Å². The lowest BCUT2D eigenvalue weighted by Gasteiger charge is -2.28. The van der Waals surface area contributed by atoms with Crippen LogP contribution < -0.4 is 10.2 Å². The van der Waals surface area contributed by atoms with E-state index in [1.165, 1.54) is 31.4 Å². The van der Waals surface area contributed by atoms with Gasteiger partial charge < -0.3 is 10.2 Å². The van der Waals surface area contributed by atoms with Gasteiger partial charge in [-0.3, -0.25) is 0 Å². The van der Waals surface area contributed by atoms with Crippen molar-refractivity contribution in [2.24, 2.45) is 0 Å². The molecular weight excluding hydrogens is 327 g/mol. The fraction of sp³-hybridized carbons (Fsp3) is 0.238. The van der Waals surface area contributed by atoms with Gasteiger partial charge in [-0.25, -0.2) is 9.37 Å². The van der Waals surface area contributed by atoms with E-state index in [0.29, 0.717) is 5.95 Å². The molecule has 0 saturated carbocycles. The zero-order valence-electron chi connectivity index (χ0n) is 14.5. The van der Waals surface area contributed by atoms with Gasteiger partial charge in [0.05, 0.1) is 5.69 Å². The average Bonchev–Trinajstić information content (AvgIpc) is 2.71. The van der Waals surface area contributed by atoms with Gasteiger partial charge in [-0.1, -0.05) is 30.3 Å². The van der Waals surface area contributed by atoms with Crippen molar-refractivity contribution in [2.75, 3.05) is 23.3 Å². The number of rotatable bonds is 4. The number of nitrogens with zero attached hydrogens (tertiary/aromatic N) is 3. The van der Waals surface area contributed by atoms with Gasteiger partial charge in [0.1, 0.15) is 11.6 Å². The molecule has 132 valence electrons. The molecule has 0 aliphatic carbocycles. The van der Waals surface area contributed by atoms with Crippen molar-refractivity contribution in [2.45, 2.75) is 19.3 Å². The molecule has 1 aromatic heterocycles. The lowest BCUT2D eigenvalue weighted by Crippen LogP contribution is -2.30. The summed E-state index contributed by atoms with van der Waals surface area (Å²) in [5.74, 6) is 1.20. The molecule has 1 aliphatic heterocycles. The Bertz CT molecular complexity index is 859. The van der Waals surface area contributed by atoms with E-state index in [1.807, 2.05) is 30.3 Å². The van der Waals surface area contributed by atoms with Gasteiger partial charge in [0.25, 0.3) is 0 Å². The van der Waals surface area contributed by atoms with E-state index < -0.39 is 0 Å². The van der Waals surface area contributed by atoms with Crippen LogP contribution in [-0.4, -0.2) is 23.1 Å². The van der Waals surface area contributed by atoms with Crippen LogP contribution in [0.1, 0.15) is 19.3 Å². The Morgan fingerprint density at radius 3 is 2.31 bits per heavy atom. The Morgan fingerprint density at radius 1 is 0.846 bits per heavy atom. The SMILES string of the molecule is Fc1ccc(Nc2nc(-c3ccccc3)cc(N3CCCCC3)n2)cc1. The Kier molecular flexibility index (Phi) is 4.78. The van der Waals surface area contributed by atoms with E-state index in [0.717, 1.165) is 35.9 Å². The quantitative estimate of drug-likeness (QED) is 0.719. The summed E-state index contributed by atoms with van der Waals surface area (Å²) in [6, 6.07) is 18.4. The monoisotopic (exact) mass is 348 g/mol. The molecular formula is C21H21FN4. The molecule has 3 aromatic rings. The van der Waals surface area contributed by atoms with E-state index in [2.05, 4.69) is 21.3 Å². The highest BCUT2D eigenvalue weighted by atomic mass is 19.1. The summed E-state index contributed by atoms with van der Waals surface area (Å²) < 4.78 is 13.2. The first-order valence-electron chi connectivity index (χ1n) is 9.00. The summed E-state index contributed by atoms with van der Waals surface area (Å²) in [5, 5.41) is 3.21. The Hall–Kier alpha value is -2.95. The van der Waals surface area contributed by atoms with Gasteiger partial charge in [0, 0.05) is 30.4 Å². The molecule has 0 unspecified atom stereocenters. The van der Waals surface area contributed by atoms with Crippen LogP contribution in [-0.2, 0) is 0 Å². The van der Waals surface area contributed by atoms with Crippen molar-refractivity contribution in [1.82, 2.24) is 9.97 Å². The molecule has 4 nitrogen and oxygen atoms in total. The zero-order valence-corrected chi connectivity index (χ0v) is 14.5. The standard InChI is InChI=1S/C21H21FN4/c22-17-9-11-18(12-10-17)23-21-24-19(16-7-3-1-4-8-16)15-20(25-21)26-13-5-2-6-14-26/h1,3-4,7-12,15H,2,5-6,13-14H2,(H,23,24,25). The number of piperidine rings is 1. The molecule has 26 heavy (non-hydrogen) atoms. The van der Waals surface area contributed by atoms with Crippen LogP contribution in [0.5, 0.6) is 0 Å². The largest absolute Gasteiger partial charge is 0.356 e. The van der Waals surface area contributed by atoms with Crippen LogP contribution in [0.3, 0.4) is 0 Å². The van der Waals surface area contributed by atoms with Crippen LogP contribution in [0.25, 0.3) is 11.3 Å². The molecule has 2 heterocycles. The number of hydrogen-bond donors (Lipinski definition) is 1. The van der Waals surface area contributed by atoms with Crippen LogP contribution in [0, 0.1) is 5.82 Å². The molecule has 4 rings (SSSR count). The third-order valence-corrected chi connectivity index (χ3v) is 4.56. The summed E-state index contributed by atoms with van der Waals surface area (Å²) >= 11 is 0. The second-order valence-corrected chi connectivity index (χ2v) is 6.48. The van der Waals surface area contributed by atoms with E-state index in [1.54, 1.807) is 12.1 Å². The predicted octanol–water partition coefficient (Wildman–Crippen LogP) is 5.02. The summed E-state index contributed by atoms with van der Waals surface area (Å²) in [7, 11) is 0. The summed E-state index contributed by atoms with van der Waals surface area (Å²) in [6.07, 6.45) is 3.64. The zero-order chi connectivity index (χ0) is 17.8. The summed E-state index contributed by atoms with van der Waals surface area (Å²) in [5.41, 5.74) is 2.70. The minimum Gasteiger partial charge on any atom is -0.356 e. The van der Waals surface area contributed by atoms with Crippen LogP contribution >= 0.6 is 0 Å². The lowest BCUT2D eigenvalue weighted by molar-refractivity contribution is 0.573. The fourth-order valence-electron chi connectivity index (χ4n) is 3.19. The van der Waals surface area contributed by atoms with Crippen LogP contribution in [0.15, 0.2) is 60.7 Å². The van der Waals surface area contributed by atoms with E-state index in [9.17, 15) is 4.39 Å². The first kappa shape index (κ1) is 16.5. The number of benzene rings is 2. The van der Waals surface area contributed by atoms with Crippen molar-refractivity contribution < 1.29 is 4.39 Å². The molecule has 1 saturated heterocycles. The molecule has 1 fully saturated rings. The Labute approximate surface area is 152 Å². The Balaban J connectivity index is 1.70. The van der Waals surface area contributed by atoms with E-state index in [-0.39, 0.29) is 5.82 Å². The van der Waals surface area contributed by atoms with Gasteiger partial charge in [-0.2, -0.15) is 4.98 Å². The average molecular weight is 348 g/mol. The second kappa shape index (κ2) is 7.52. The summed E-state index contributed by atoms with van der Waals surface area (Å²) in [6.45, 7) is 2.03. The van der Waals surface area contributed by atoms with E-state index in [4.69, 9.17) is 4.98 Å². The maximum Gasteiger partial charge on any atom is 0.229 e. The normalized spacial score (nSPS) is 14.3. The smallest absolute Gasteiger partial charge is 0.229 e. The van der Waals surface area contributed by atoms with Gasteiger partial charge in [-0.15, -0.1) is 0 Å². The van der Waals surface area contributed by atoms with Crippen molar-refractivity contribution in [3.05, 3.63) is 66.5 Å². The van der Waals surface area contributed by atoms with Crippen LogP contribution in [0.2, 0.25) is 0 Å². The first-order valence-corrected chi connectivity index (χ1v) is 9.00. The molecule has 2 aromatic carbocycles. The van der Waals surface area contributed by atoms with Crippen molar-refractivity contribution in [3.63, 3.8) is 0 Å². The maximum absolute atomic E-state index is 13.2. The third kappa shape index (κ3) is 3.82. The maximum atomic E-state index is 13.2. The van der Waals surface area contributed by atoms with Crippen molar-refractivity contribution in [1.29, 1.82) is 0 Å². The Morgan fingerprint density at radius 2 is 1.58 bits per heavy atom. The number of aromatic nitrogens is 2. The van der Waals surface area contributed by atoms with Gasteiger partial charge in [0.15, 0.2) is 0 Å². The van der Waals surface area contributed by atoms with E-state index >= 15 is 0 Å². The minimum absolute atomic E-state index is 0.261. The van der Waals surface area contributed by atoms with Gasteiger partial charge in [0.2, 0.25) is 5.95 Å². The highest BCUT2D eigenvalue weighted by molar-refractivity contribution is 5.66. The predicted molar refractivity (Wildman–Crippen MR) is 103 cm³/mol. The number of anilines is 3. The second-order valence-electron chi connectivity index (χ2n) is 6.48. The van der Waals surface area contributed by atoms with Gasteiger partial charge >= 0.3 is 0 Å². The molecule has 1 N–H and O–H groups in total. The fourth-order valence-corrected chi connectivity index (χ4v) is 3.19.